The Labute approximate surface area is 126 Å². The van der Waals surface area contributed by atoms with Crippen LogP contribution >= 0.6 is 0 Å². The Hall–Kier alpha value is -0.120. The van der Waals surface area contributed by atoms with E-state index in [1.165, 1.54) is 19.4 Å². The molecule has 0 spiro atoms. The molecule has 0 bridgehead atoms. The first-order valence-corrected chi connectivity index (χ1v) is 8.32. The highest BCUT2D eigenvalue weighted by molar-refractivity contribution is 4.90. The van der Waals surface area contributed by atoms with Crippen LogP contribution in [0.15, 0.2) is 0 Å². The first kappa shape index (κ1) is 17.9. The normalized spacial score (nSPS) is 22.9. The number of morpholine rings is 1. The quantitative estimate of drug-likeness (QED) is 0.741. The molecule has 1 N–H and O–H groups in total. The molecule has 0 amide bonds. The van der Waals surface area contributed by atoms with Gasteiger partial charge in [0.1, 0.15) is 0 Å². The first-order chi connectivity index (χ1) is 9.29. The Morgan fingerprint density at radius 2 is 2.05 bits per heavy atom. The number of nitrogens with zero attached hydrogens (tertiary/aromatic N) is 1. The molecular formula is C17H36N2O. The van der Waals surface area contributed by atoms with Crippen molar-refractivity contribution in [3.05, 3.63) is 0 Å². The van der Waals surface area contributed by atoms with Gasteiger partial charge in [-0.2, -0.15) is 0 Å². The van der Waals surface area contributed by atoms with Crippen LogP contribution in [-0.2, 0) is 4.74 Å². The highest BCUT2D eigenvalue weighted by atomic mass is 16.5. The van der Waals surface area contributed by atoms with Crippen molar-refractivity contribution in [1.29, 1.82) is 0 Å². The van der Waals surface area contributed by atoms with E-state index >= 15 is 0 Å². The molecule has 120 valence electrons. The van der Waals surface area contributed by atoms with E-state index < -0.39 is 0 Å². The molecule has 0 aromatic carbocycles. The molecule has 1 unspecified atom stereocenters. The smallest absolute Gasteiger partial charge is 0.0645 e. The van der Waals surface area contributed by atoms with Gasteiger partial charge in [-0.1, -0.05) is 34.1 Å². The van der Waals surface area contributed by atoms with Crippen molar-refractivity contribution in [3.63, 3.8) is 0 Å². The van der Waals surface area contributed by atoms with E-state index in [0.717, 1.165) is 38.8 Å². The minimum atomic E-state index is 0.172. The van der Waals surface area contributed by atoms with E-state index in [2.05, 4.69) is 51.8 Å². The van der Waals surface area contributed by atoms with Gasteiger partial charge in [0.25, 0.3) is 0 Å². The molecule has 0 aliphatic carbocycles. The van der Waals surface area contributed by atoms with Crippen molar-refractivity contribution in [2.75, 3.05) is 39.4 Å². The summed E-state index contributed by atoms with van der Waals surface area (Å²) in [5, 5.41) is 3.67. The molecular weight excluding hydrogens is 248 g/mol. The van der Waals surface area contributed by atoms with Gasteiger partial charge in [-0.05, 0) is 38.1 Å². The maximum absolute atomic E-state index is 5.64. The summed E-state index contributed by atoms with van der Waals surface area (Å²) in [6, 6.07) is 0. The molecule has 0 aromatic heterocycles. The Morgan fingerprint density at radius 3 is 2.60 bits per heavy atom. The molecule has 1 aliphatic heterocycles. The van der Waals surface area contributed by atoms with Gasteiger partial charge in [0, 0.05) is 25.2 Å². The Morgan fingerprint density at radius 1 is 1.35 bits per heavy atom. The molecule has 1 fully saturated rings. The number of hydrogen-bond acceptors (Lipinski definition) is 3. The number of ether oxygens (including phenoxy) is 1. The van der Waals surface area contributed by atoms with E-state index in [4.69, 9.17) is 4.74 Å². The van der Waals surface area contributed by atoms with Crippen molar-refractivity contribution >= 4 is 0 Å². The van der Waals surface area contributed by atoms with Gasteiger partial charge in [0.2, 0.25) is 0 Å². The molecule has 1 saturated heterocycles. The third-order valence-electron chi connectivity index (χ3n) is 4.35. The second-order valence-corrected chi connectivity index (χ2v) is 7.87. The lowest BCUT2D eigenvalue weighted by atomic mass is 9.83. The Balaban J connectivity index is 2.59. The summed E-state index contributed by atoms with van der Waals surface area (Å²) in [5.74, 6) is 0.723. The molecule has 1 aliphatic rings. The van der Waals surface area contributed by atoms with Crippen molar-refractivity contribution in [2.24, 2.45) is 11.3 Å². The van der Waals surface area contributed by atoms with Crippen molar-refractivity contribution < 1.29 is 4.74 Å². The third-order valence-corrected chi connectivity index (χ3v) is 4.35. The number of nitrogens with one attached hydrogen (secondary N) is 1. The highest BCUT2D eigenvalue weighted by Crippen LogP contribution is 2.29. The SMILES string of the molecule is CCCC(C)(CNCC(C)C)CN1CCOCC1(C)C. The van der Waals surface area contributed by atoms with Crippen LogP contribution in [0.2, 0.25) is 0 Å². The fourth-order valence-corrected chi connectivity index (χ4v) is 3.13. The fourth-order valence-electron chi connectivity index (χ4n) is 3.13. The van der Waals surface area contributed by atoms with Gasteiger partial charge in [-0.3, -0.25) is 4.90 Å². The summed E-state index contributed by atoms with van der Waals surface area (Å²) in [6.45, 7) is 20.1. The van der Waals surface area contributed by atoms with Gasteiger partial charge < -0.3 is 10.1 Å². The van der Waals surface area contributed by atoms with E-state index in [9.17, 15) is 0 Å². The van der Waals surface area contributed by atoms with E-state index in [-0.39, 0.29) is 5.54 Å². The summed E-state index contributed by atoms with van der Waals surface area (Å²) >= 11 is 0. The van der Waals surface area contributed by atoms with E-state index in [1.54, 1.807) is 0 Å². The van der Waals surface area contributed by atoms with Gasteiger partial charge in [0.05, 0.1) is 13.2 Å². The van der Waals surface area contributed by atoms with Gasteiger partial charge in [0.15, 0.2) is 0 Å². The maximum atomic E-state index is 5.64. The lowest BCUT2D eigenvalue weighted by Gasteiger charge is -2.46. The van der Waals surface area contributed by atoms with Crippen LogP contribution in [0.5, 0.6) is 0 Å². The van der Waals surface area contributed by atoms with Crippen LogP contribution in [-0.4, -0.2) is 49.8 Å². The molecule has 0 aromatic rings. The minimum absolute atomic E-state index is 0.172. The van der Waals surface area contributed by atoms with Crippen LogP contribution in [0.25, 0.3) is 0 Å². The molecule has 20 heavy (non-hydrogen) atoms. The predicted molar refractivity (Wildman–Crippen MR) is 87.2 cm³/mol. The Kier molecular flexibility index (Phi) is 6.96. The standard InChI is InChI=1S/C17H36N2O/c1-7-8-17(6,12-18-11-15(2)3)13-19-9-10-20-14-16(19,4)5/h15,18H,7-14H2,1-6H3. The summed E-state index contributed by atoms with van der Waals surface area (Å²) in [4.78, 5) is 2.63. The maximum Gasteiger partial charge on any atom is 0.0645 e. The minimum Gasteiger partial charge on any atom is -0.378 e. The van der Waals surface area contributed by atoms with Gasteiger partial charge >= 0.3 is 0 Å². The Bertz CT molecular complexity index is 278. The summed E-state index contributed by atoms with van der Waals surface area (Å²) in [7, 11) is 0. The van der Waals surface area contributed by atoms with Crippen LogP contribution < -0.4 is 5.32 Å². The summed E-state index contributed by atoms with van der Waals surface area (Å²) < 4.78 is 5.64. The predicted octanol–water partition coefficient (Wildman–Crippen LogP) is 3.15. The molecule has 0 saturated carbocycles. The lowest BCUT2D eigenvalue weighted by molar-refractivity contribution is -0.0672. The van der Waals surface area contributed by atoms with Crippen LogP contribution in [0.4, 0.5) is 0 Å². The number of hydrogen-bond donors (Lipinski definition) is 1. The topological polar surface area (TPSA) is 24.5 Å². The molecule has 0 radical (unpaired) electrons. The molecule has 1 rings (SSSR count). The zero-order chi connectivity index (χ0) is 15.2. The van der Waals surface area contributed by atoms with E-state index in [1.807, 2.05) is 0 Å². The van der Waals surface area contributed by atoms with Crippen molar-refractivity contribution in [1.82, 2.24) is 10.2 Å². The molecule has 1 atom stereocenters. The summed E-state index contributed by atoms with van der Waals surface area (Å²) in [6.07, 6.45) is 2.54. The van der Waals surface area contributed by atoms with E-state index in [0.29, 0.717) is 5.41 Å². The third kappa shape index (κ3) is 5.71. The second-order valence-electron chi connectivity index (χ2n) is 7.87. The summed E-state index contributed by atoms with van der Waals surface area (Å²) in [5.41, 5.74) is 0.531. The average Bonchev–Trinajstić information content (AvgIpc) is 2.31. The molecule has 1 heterocycles. The van der Waals surface area contributed by atoms with Crippen LogP contribution in [0, 0.1) is 11.3 Å². The monoisotopic (exact) mass is 284 g/mol. The van der Waals surface area contributed by atoms with Crippen LogP contribution in [0.3, 0.4) is 0 Å². The highest BCUT2D eigenvalue weighted by Gasteiger charge is 2.35. The van der Waals surface area contributed by atoms with Gasteiger partial charge in [-0.15, -0.1) is 0 Å². The van der Waals surface area contributed by atoms with Gasteiger partial charge in [-0.25, -0.2) is 0 Å². The largest absolute Gasteiger partial charge is 0.378 e. The lowest BCUT2D eigenvalue weighted by Crippen LogP contribution is -2.57. The zero-order valence-electron chi connectivity index (χ0n) is 14.6. The fraction of sp³-hybridized carbons (Fsp3) is 1.00. The molecule has 3 heteroatoms. The van der Waals surface area contributed by atoms with Crippen molar-refractivity contribution in [3.8, 4) is 0 Å². The number of rotatable bonds is 8. The van der Waals surface area contributed by atoms with Crippen molar-refractivity contribution in [2.45, 2.75) is 59.9 Å². The first-order valence-electron chi connectivity index (χ1n) is 8.32. The average molecular weight is 284 g/mol. The zero-order valence-corrected chi connectivity index (χ0v) is 14.6. The second kappa shape index (κ2) is 7.77. The molecule has 3 nitrogen and oxygen atoms in total. The van der Waals surface area contributed by atoms with Crippen LogP contribution in [0.1, 0.15) is 54.4 Å².